The van der Waals surface area contributed by atoms with Crippen LogP contribution in [0.3, 0.4) is 0 Å². The molecule has 5 heteroatoms. The second-order valence-corrected chi connectivity index (χ2v) is 4.45. The Bertz CT molecular complexity index is 277. The van der Waals surface area contributed by atoms with Crippen LogP contribution in [-0.2, 0) is 9.53 Å². The van der Waals surface area contributed by atoms with Gasteiger partial charge in [0, 0.05) is 6.21 Å². The predicted octanol–water partition coefficient (Wildman–Crippen LogP) is 1.31. The average Bonchev–Trinajstić information content (AvgIpc) is 2.17. The number of carbonyl (C=O) groups excluding carboxylic acids is 1. The van der Waals surface area contributed by atoms with Gasteiger partial charge in [0.1, 0.15) is 6.67 Å². The van der Waals surface area contributed by atoms with Gasteiger partial charge < -0.3 is 4.74 Å². The van der Waals surface area contributed by atoms with Crippen LogP contribution in [0.25, 0.3) is 0 Å². The molecule has 0 aromatic rings. The molecule has 0 fully saturated rings. The van der Waals surface area contributed by atoms with E-state index in [1.54, 1.807) is 0 Å². The first-order valence-electron chi connectivity index (χ1n) is 3.68. The highest BCUT2D eigenvalue weighted by Gasteiger charge is 2.41. The van der Waals surface area contributed by atoms with Gasteiger partial charge in [-0.3, -0.25) is 9.79 Å². The Hall–Kier alpha value is -0.460. The third-order valence-corrected chi connectivity index (χ3v) is 3.33. The van der Waals surface area contributed by atoms with E-state index >= 15 is 0 Å². The number of carbonyl (C=O) groups is 1. The molecule has 0 spiro atoms. The van der Waals surface area contributed by atoms with Crippen molar-refractivity contribution in [1.82, 2.24) is 0 Å². The third kappa shape index (κ3) is 1.90. The average molecular weight is 297 g/mol. The van der Waals surface area contributed by atoms with Crippen LogP contribution in [-0.4, -0.2) is 35.9 Å². The largest absolute Gasteiger partial charge is 0.468 e. The number of esters is 1. The van der Waals surface area contributed by atoms with Crippen LogP contribution < -0.4 is 0 Å². The first-order chi connectivity index (χ1) is 6.15. The summed E-state index contributed by atoms with van der Waals surface area (Å²) in [6.45, 7) is -0.403. The van der Waals surface area contributed by atoms with E-state index in [2.05, 4.69) is 9.73 Å². The van der Waals surface area contributed by atoms with Crippen molar-refractivity contribution >= 4 is 34.8 Å². The predicted molar refractivity (Wildman–Crippen MR) is 56.2 cm³/mol. The van der Waals surface area contributed by atoms with Crippen molar-refractivity contribution < 1.29 is 13.9 Å². The van der Waals surface area contributed by atoms with Gasteiger partial charge in [-0.1, -0.05) is 22.6 Å². The van der Waals surface area contributed by atoms with Crippen molar-refractivity contribution in [3.8, 4) is 0 Å². The van der Waals surface area contributed by atoms with Gasteiger partial charge in [0.05, 0.1) is 13.7 Å². The smallest absolute Gasteiger partial charge is 0.328 e. The fraction of sp³-hybridized carbons (Fsp3) is 0.500. The molecule has 0 aromatic carbocycles. The summed E-state index contributed by atoms with van der Waals surface area (Å²) in [5, 5.41) is 0. The number of nitrogens with zero attached hydrogens (tertiary/aromatic N) is 1. The van der Waals surface area contributed by atoms with Gasteiger partial charge in [0.2, 0.25) is 0 Å². The van der Waals surface area contributed by atoms with Crippen LogP contribution >= 0.6 is 22.6 Å². The molecule has 0 N–H and O–H groups in total. The number of allylic oxidation sites excluding steroid dienone is 1. The maximum Gasteiger partial charge on any atom is 0.328 e. The molecule has 0 saturated heterocycles. The fourth-order valence-electron chi connectivity index (χ4n) is 1.06. The van der Waals surface area contributed by atoms with Crippen molar-refractivity contribution in [2.24, 2.45) is 4.99 Å². The molecule has 0 aliphatic carbocycles. The number of hydrogen-bond donors (Lipinski definition) is 0. The number of ether oxygens (including phenoxy) is 1. The van der Waals surface area contributed by atoms with E-state index < -0.39 is 16.1 Å². The molecule has 1 atom stereocenters. The van der Waals surface area contributed by atoms with Crippen LogP contribution in [0.15, 0.2) is 16.6 Å². The van der Waals surface area contributed by atoms with Gasteiger partial charge in [-0.25, -0.2) is 4.39 Å². The van der Waals surface area contributed by atoms with E-state index in [1.165, 1.54) is 19.4 Å². The van der Waals surface area contributed by atoms with Gasteiger partial charge in [-0.2, -0.15) is 0 Å². The molecule has 3 nitrogen and oxygen atoms in total. The van der Waals surface area contributed by atoms with Crippen LogP contribution in [0, 0.1) is 0 Å². The minimum Gasteiger partial charge on any atom is -0.468 e. The van der Waals surface area contributed by atoms with E-state index in [9.17, 15) is 9.18 Å². The SMILES string of the molecule is COC(=O)C1(I)CN=CC=C1CF. The molecule has 1 unspecified atom stereocenters. The summed E-state index contributed by atoms with van der Waals surface area (Å²) < 4.78 is 16.2. The molecule has 72 valence electrons. The lowest BCUT2D eigenvalue weighted by atomic mass is 9.98. The minimum atomic E-state index is -0.948. The molecule has 1 rings (SSSR count). The van der Waals surface area contributed by atoms with Crippen LogP contribution in [0.4, 0.5) is 4.39 Å². The third-order valence-electron chi connectivity index (χ3n) is 1.85. The van der Waals surface area contributed by atoms with E-state index in [-0.39, 0.29) is 6.54 Å². The second-order valence-electron chi connectivity index (χ2n) is 2.61. The lowest BCUT2D eigenvalue weighted by Gasteiger charge is -2.26. The van der Waals surface area contributed by atoms with Crippen LogP contribution in [0.1, 0.15) is 0 Å². The summed E-state index contributed by atoms with van der Waals surface area (Å²) in [6, 6.07) is 0. The maximum atomic E-state index is 12.5. The zero-order valence-electron chi connectivity index (χ0n) is 7.09. The molecule has 1 aliphatic rings. The van der Waals surface area contributed by atoms with Crippen molar-refractivity contribution in [3.63, 3.8) is 0 Å². The van der Waals surface area contributed by atoms with E-state index in [0.29, 0.717) is 5.57 Å². The van der Waals surface area contributed by atoms with Crippen molar-refractivity contribution in [1.29, 1.82) is 0 Å². The van der Waals surface area contributed by atoms with Crippen molar-refractivity contribution in [3.05, 3.63) is 11.6 Å². The zero-order valence-corrected chi connectivity index (χ0v) is 9.25. The van der Waals surface area contributed by atoms with E-state index in [1.807, 2.05) is 22.6 Å². The normalized spacial score (nSPS) is 26.8. The highest BCUT2D eigenvalue weighted by atomic mass is 127. The van der Waals surface area contributed by atoms with Gasteiger partial charge in [0.15, 0.2) is 3.42 Å². The summed E-state index contributed by atoms with van der Waals surface area (Å²) in [4.78, 5) is 15.3. The van der Waals surface area contributed by atoms with E-state index in [0.717, 1.165) is 0 Å². The number of methoxy groups -OCH3 is 1. The second kappa shape index (κ2) is 4.17. The Morgan fingerprint density at radius 2 is 2.62 bits per heavy atom. The molecular weight excluding hydrogens is 288 g/mol. The van der Waals surface area contributed by atoms with Crippen LogP contribution in [0.5, 0.6) is 0 Å². The maximum absolute atomic E-state index is 12.5. The van der Waals surface area contributed by atoms with Crippen LogP contribution in [0.2, 0.25) is 0 Å². The van der Waals surface area contributed by atoms with Crippen molar-refractivity contribution in [2.45, 2.75) is 3.42 Å². The number of rotatable bonds is 2. The summed E-state index contributed by atoms with van der Waals surface area (Å²) >= 11 is 1.88. The summed E-state index contributed by atoms with van der Waals surface area (Å²) in [5.41, 5.74) is 0.412. The Balaban J connectivity index is 2.95. The molecule has 1 aliphatic heterocycles. The fourth-order valence-corrected chi connectivity index (χ4v) is 1.80. The molecule has 0 aromatic heterocycles. The molecule has 0 radical (unpaired) electrons. The topological polar surface area (TPSA) is 38.7 Å². The number of halogens is 2. The zero-order chi connectivity index (χ0) is 9.90. The minimum absolute atomic E-state index is 0.246. The molecule has 13 heavy (non-hydrogen) atoms. The number of alkyl halides is 2. The Kier molecular flexibility index (Phi) is 3.40. The molecule has 0 bridgehead atoms. The van der Waals surface area contributed by atoms with Crippen molar-refractivity contribution in [2.75, 3.05) is 20.3 Å². The Morgan fingerprint density at radius 3 is 3.15 bits per heavy atom. The first-order valence-corrected chi connectivity index (χ1v) is 4.76. The highest BCUT2D eigenvalue weighted by molar-refractivity contribution is 14.1. The molecule has 0 amide bonds. The Morgan fingerprint density at radius 1 is 1.92 bits per heavy atom. The number of hydrogen-bond acceptors (Lipinski definition) is 3. The Labute approximate surface area is 89.2 Å². The van der Waals surface area contributed by atoms with Gasteiger partial charge >= 0.3 is 5.97 Å². The monoisotopic (exact) mass is 297 g/mol. The lowest BCUT2D eigenvalue weighted by Crippen LogP contribution is -2.40. The highest BCUT2D eigenvalue weighted by Crippen LogP contribution is 2.32. The van der Waals surface area contributed by atoms with Gasteiger partial charge in [-0.15, -0.1) is 0 Å². The quantitative estimate of drug-likeness (QED) is 0.438. The molecule has 0 saturated carbocycles. The molecule has 1 heterocycles. The first kappa shape index (κ1) is 10.6. The summed E-state index contributed by atoms with van der Waals surface area (Å²) in [7, 11) is 1.29. The van der Waals surface area contributed by atoms with Gasteiger partial charge in [-0.05, 0) is 11.6 Å². The number of aliphatic imine (C=N–C) groups is 1. The standard InChI is InChI=1S/C8H9FINO2/c1-13-7(12)8(10)5-11-3-2-6(8)4-9/h2-3H,4-5H2,1H3. The lowest BCUT2D eigenvalue weighted by molar-refractivity contribution is -0.141. The number of dihydropyridines is 1. The van der Waals surface area contributed by atoms with Gasteiger partial charge in [0.25, 0.3) is 0 Å². The molecular formula is C8H9FINO2. The van der Waals surface area contributed by atoms with E-state index in [4.69, 9.17) is 0 Å². The summed E-state index contributed by atoms with van der Waals surface area (Å²) in [5.74, 6) is -0.450. The summed E-state index contributed by atoms with van der Waals surface area (Å²) in [6.07, 6.45) is 3.03.